The first-order chi connectivity index (χ1) is 13.8. The molecule has 0 aliphatic carbocycles. The molecule has 154 valence electrons. The van der Waals surface area contributed by atoms with Gasteiger partial charge in [-0.1, -0.05) is 35.3 Å². The van der Waals surface area contributed by atoms with Gasteiger partial charge in [-0.3, -0.25) is 19.7 Å². The lowest BCUT2D eigenvalue weighted by Crippen LogP contribution is -2.46. The van der Waals surface area contributed by atoms with E-state index < -0.39 is 16.9 Å². The predicted molar refractivity (Wildman–Crippen MR) is 116 cm³/mol. The van der Waals surface area contributed by atoms with Crippen LogP contribution in [0.3, 0.4) is 0 Å². The van der Waals surface area contributed by atoms with E-state index in [0.29, 0.717) is 27.8 Å². The van der Waals surface area contributed by atoms with Crippen LogP contribution < -0.4 is 10.6 Å². The van der Waals surface area contributed by atoms with Gasteiger partial charge in [0, 0.05) is 34.3 Å². The highest BCUT2D eigenvalue weighted by Crippen LogP contribution is 2.21. The van der Waals surface area contributed by atoms with E-state index in [9.17, 15) is 19.7 Å². The van der Waals surface area contributed by atoms with Crippen LogP contribution in [0.15, 0.2) is 42.5 Å². The first-order valence-corrected chi connectivity index (χ1v) is 10.7. The summed E-state index contributed by atoms with van der Waals surface area (Å²) in [5, 5.41) is 17.2. The second-order valence-corrected chi connectivity index (χ2v) is 7.90. The number of benzene rings is 2. The first-order valence-electron chi connectivity index (χ1n) is 8.57. The van der Waals surface area contributed by atoms with E-state index in [1.807, 2.05) is 6.26 Å². The van der Waals surface area contributed by atoms with Crippen molar-refractivity contribution in [3.63, 3.8) is 0 Å². The maximum atomic E-state index is 12.6. The van der Waals surface area contributed by atoms with E-state index in [1.165, 1.54) is 36.0 Å². The van der Waals surface area contributed by atoms with Crippen LogP contribution in [-0.4, -0.2) is 34.8 Å². The molecule has 2 rings (SSSR count). The molecule has 29 heavy (non-hydrogen) atoms. The second kappa shape index (κ2) is 11.0. The number of non-ortho nitro benzene ring substituents is 1. The van der Waals surface area contributed by atoms with Crippen molar-refractivity contribution >= 4 is 52.5 Å². The standard InChI is InChI=1S/C19H19Cl2N3O4S/c1-29-8-7-17(19(26)22-11-13-5-6-14(20)10-16(13)21)23-18(25)12-3-2-4-15(9-12)24(27)28/h2-6,9-10,17H,7-8,11H2,1H3,(H,22,26)(H,23,25). The molecule has 0 aliphatic heterocycles. The summed E-state index contributed by atoms with van der Waals surface area (Å²) in [6.07, 6.45) is 2.30. The van der Waals surface area contributed by atoms with Gasteiger partial charge in [-0.2, -0.15) is 11.8 Å². The molecule has 2 aromatic carbocycles. The third-order valence-corrected chi connectivity index (χ3v) is 5.25. The van der Waals surface area contributed by atoms with Crippen LogP contribution in [0.4, 0.5) is 5.69 Å². The van der Waals surface area contributed by atoms with Crippen molar-refractivity contribution in [3.05, 3.63) is 73.8 Å². The number of thioether (sulfide) groups is 1. The highest BCUT2D eigenvalue weighted by molar-refractivity contribution is 7.98. The van der Waals surface area contributed by atoms with Crippen LogP contribution in [0.25, 0.3) is 0 Å². The fourth-order valence-electron chi connectivity index (χ4n) is 2.48. The van der Waals surface area contributed by atoms with Crippen molar-refractivity contribution < 1.29 is 14.5 Å². The van der Waals surface area contributed by atoms with Gasteiger partial charge >= 0.3 is 0 Å². The minimum atomic E-state index is -0.791. The summed E-state index contributed by atoms with van der Waals surface area (Å²) >= 11 is 13.5. The molecule has 0 aliphatic rings. The van der Waals surface area contributed by atoms with Crippen molar-refractivity contribution in [2.24, 2.45) is 0 Å². The number of hydrogen-bond donors (Lipinski definition) is 2. The van der Waals surface area contributed by atoms with Crippen LogP contribution >= 0.6 is 35.0 Å². The lowest BCUT2D eigenvalue weighted by atomic mass is 10.1. The van der Waals surface area contributed by atoms with Gasteiger partial charge in [0.1, 0.15) is 6.04 Å². The Morgan fingerprint density at radius 1 is 1.21 bits per heavy atom. The summed E-state index contributed by atoms with van der Waals surface area (Å²) in [6.45, 7) is 0.178. The zero-order valence-corrected chi connectivity index (χ0v) is 17.8. The Kier molecular flexibility index (Phi) is 8.75. The fraction of sp³-hybridized carbons (Fsp3) is 0.263. The Morgan fingerprint density at radius 2 is 1.97 bits per heavy atom. The van der Waals surface area contributed by atoms with E-state index >= 15 is 0 Å². The molecule has 1 unspecified atom stereocenters. The Labute approximate surface area is 182 Å². The molecule has 0 heterocycles. The SMILES string of the molecule is CSCCC(NC(=O)c1cccc([N+](=O)[O-])c1)C(=O)NCc1ccc(Cl)cc1Cl. The van der Waals surface area contributed by atoms with E-state index in [0.717, 1.165) is 0 Å². The number of nitrogens with one attached hydrogen (secondary N) is 2. The number of amides is 2. The third kappa shape index (κ3) is 6.92. The molecule has 0 aromatic heterocycles. The molecule has 1 atom stereocenters. The summed E-state index contributed by atoms with van der Waals surface area (Å²) in [5.74, 6) is -0.280. The van der Waals surface area contributed by atoms with Crippen LogP contribution in [0, 0.1) is 10.1 Å². The molecule has 0 fully saturated rings. The molecule has 2 N–H and O–H groups in total. The van der Waals surface area contributed by atoms with Crippen LogP contribution in [0.2, 0.25) is 10.0 Å². The van der Waals surface area contributed by atoms with Crippen molar-refractivity contribution in [2.75, 3.05) is 12.0 Å². The highest BCUT2D eigenvalue weighted by Gasteiger charge is 2.22. The van der Waals surface area contributed by atoms with E-state index in [2.05, 4.69) is 10.6 Å². The maximum Gasteiger partial charge on any atom is 0.270 e. The lowest BCUT2D eigenvalue weighted by molar-refractivity contribution is -0.384. The van der Waals surface area contributed by atoms with Gasteiger partial charge in [0.25, 0.3) is 11.6 Å². The molecule has 2 aromatic rings. The topological polar surface area (TPSA) is 101 Å². The van der Waals surface area contributed by atoms with E-state index in [4.69, 9.17) is 23.2 Å². The highest BCUT2D eigenvalue weighted by atomic mass is 35.5. The first kappa shape index (κ1) is 23.0. The minimum absolute atomic E-state index is 0.113. The average molecular weight is 456 g/mol. The molecule has 0 radical (unpaired) electrons. The summed E-state index contributed by atoms with van der Waals surface area (Å²) in [6, 6.07) is 9.52. The van der Waals surface area contributed by atoms with Crippen LogP contribution in [0.1, 0.15) is 22.3 Å². The summed E-state index contributed by atoms with van der Waals surface area (Å²) in [7, 11) is 0. The molecule has 0 spiro atoms. The van der Waals surface area contributed by atoms with Crippen molar-refractivity contribution in [1.29, 1.82) is 0 Å². The van der Waals surface area contributed by atoms with Gasteiger partial charge in [-0.05, 0) is 42.2 Å². The monoisotopic (exact) mass is 455 g/mol. The minimum Gasteiger partial charge on any atom is -0.350 e. The van der Waals surface area contributed by atoms with Gasteiger partial charge in [-0.15, -0.1) is 0 Å². The molecule has 7 nitrogen and oxygen atoms in total. The van der Waals surface area contributed by atoms with Gasteiger partial charge < -0.3 is 10.6 Å². The number of nitro benzene ring substituents is 1. The molecular weight excluding hydrogens is 437 g/mol. The lowest BCUT2D eigenvalue weighted by Gasteiger charge is -2.18. The molecule has 0 saturated carbocycles. The number of hydrogen-bond acceptors (Lipinski definition) is 5. The van der Waals surface area contributed by atoms with Gasteiger partial charge in [0.15, 0.2) is 0 Å². The quantitative estimate of drug-likeness (QED) is 0.438. The van der Waals surface area contributed by atoms with Gasteiger partial charge in [0.05, 0.1) is 4.92 Å². The van der Waals surface area contributed by atoms with Crippen LogP contribution in [0.5, 0.6) is 0 Å². The average Bonchev–Trinajstić information content (AvgIpc) is 2.70. The van der Waals surface area contributed by atoms with E-state index in [1.54, 1.807) is 18.2 Å². The van der Waals surface area contributed by atoms with Gasteiger partial charge in [-0.25, -0.2) is 0 Å². The number of nitro groups is 1. The van der Waals surface area contributed by atoms with Crippen molar-refractivity contribution in [2.45, 2.75) is 19.0 Å². The van der Waals surface area contributed by atoms with E-state index in [-0.39, 0.29) is 23.7 Å². The summed E-state index contributed by atoms with van der Waals surface area (Å²) in [5.41, 5.74) is 0.611. The number of carbonyl (C=O) groups is 2. The maximum absolute atomic E-state index is 12.6. The largest absolute Gasteiger partial charge is 0.350 e. The number of rotatable bonds is 9. The molecule has 0 saturated heterocycles. The second-order valence-electron chi connectivity index (χ2n) is 6.07. The molecule has 10 heteroatoms. The fourth-order valence-corrected chi connectivity index (χ4v) is 3.42. The summed E-state index contributed by atoms with van der Waals surface area (Å²) in [4.78, 5) is 35.5. The Bertz CT molecular complexity index is 911. The molecule has 2 amide bonds. The van der Waals surface area contributed by atoms with Crippen molar-refractivity contribution in [1.82, 2.24) is 10.6 Å². The number of nitrogens with zero attached hydrogens (tertiary/aromatic N) is 1. The Hall–Kier alpha value is -2.29. The summed E-state index contributed by atoms with van der Waals surface area (Å²) < 4.78 is 0. The third-order valence-electron chi connectivity index (χ3n) is 4.02. The smallest absolute Gasteiger partial charge is 0.270 e. The normalized spacial score (nSPS) is 11.6. The van der Waals surface area contributed by atoms with Crippen LogP contribution in [-0.2, 0) is 11.3 Å². The Morgan fingerprint density at radius 3 is 2.62 bits per heavy atom. The zero-order valence-electron chi connectivity index (χ0n) is 15.5. The Balaban J connectivity index is 2.07. The number of carbonyl (C=O) groups excluding carboxylic acids is 2. The number of halogens is 2. The molecular formula is C19H19Cl2N3O4S. The van der Waals surface area contributed by atoms with Crippen molar-refractivity contribution in [3.8, 4) is 0 Å². The molecule has 0 bridgehead atoms. The van der Waals surface area contributed by atoms with Gasteiger partial charge in [0.2, 0.25) is 5.91 Å². The zero-order chi connectivity index (χ0) is 21.4. The predicted octanol–water partition coefficient (Wildman–Crippen LogP) is 4.07.